The number of hydrogen-bond acceptors (Lipinski definition) is 6. The molecular formula is C12H24ClN3O4S3. The monoisotopic (exact) mass is 405 g/mol. The summed E-state index contributed by atoms with van der Waals surface area (Å²) >= 11 is 1.14. The lowest BCUT2D eigenvalue weighted by atomic mass is 10.3. The van der Waals surface area contributed by atoms with E-state index in [-0.39, 0.29) is 35.0 Å². The lowest BCUT2D eigenvalue weighted by Crippen LogP contribution is -2.28. The number of hydrogen-bond donors (Lipinski definition) is 3. The number of nitrogens with one attached hydrogen (secondary N) is 2. The summed E-state index contributed by atoms with van der Waals surface area (Å²) in [5, 5.41) is 0. The summed E-state index contributed by atoms with van der Waals surface area (Å²) in [5.74, 6) is 0.0283. The zero-order valence-electron chi connectivity index (χ0n) is 13.1. The first-order valence-electron chi connectivity index (χ1n) is 6.97. The van der Waals surface area contributed by atoms with Gasteiger partial charge in [0, 0.05) is 24.0 Å². The minimum absolute atomic E-state index is 0. The molecule has 7 nitrogen and oxygen atoms in total. The molecule has 4 N–H and O–H groups in total. The van der Waals surface area contributed by atoms with Crippen molar-refractivity contribution in [3.8, 4) is 0 Å². The highest BCUT2D eigenvalue weighted by molar-refractivity contribution is 7.91. The average Bonchev–Trinajstić information content (AvgIpc) is 2.87. The molecule has 0 aliphatic rings. The van der Waals surface area contributed by atoms with Crippen LogP contribution < -0.4 is 15.2 Å². The van der Waals surface area contributed by atoms with E-state index in [1.807, 2.05) is 6.92 Å². The third-order valence-corrected chi connectivity index (χ3v) is 7.37. The molecule has 0 saturated carbocycles. The van der Waals surface area contributed by atoms with Gasteiger partial charge in [0.05, 0.1) is 5.75 Å². The molecule has 0 radical (unpaired) electrons. The van der Waals surface area contributed by atoms with Gasteiger partial charge in [-0.1, -0.05) is 0 Å². The van der Waals surface area contributed by atoms with Gasteiger partial charge in [-0.25, -0.2) is 26.3 Å². The number of sulfonamides is 2. The van der Waals surface area contributed by atoms with E-state index in [0.717, 1.165) is 16.2 Å². The van der Waals surface area contributed by atoms with Gasteiger partial charge in [0.2, 0.25) is 20.0 Å². The summed E-state index contributed by atoms with van der Waals surface area (Å²) in [6.45, 7) is 3.93. The van der Waals surface area contributed by atoms with Gasteiger partial charge in [-0.3, -0.25) is 0 Å². The molecule has 0 saturated heterocycles. The second kappa shape index (κ2) is 9.92. The Labute approximate surface area is 148 Å². The standard InChI is InChI=1S/C12H23N3O4S3.ClH/c1-3-21(16,17)14-9-7-11-4-5-12(20-11)22(18,19)15-8-6-10(2)13;/h4-5,10,14-15H,3,6-9,13H2,1-2H3;1H. The van der Waals surface area contributed by atoms with E-state index >= 15 is 0 Å². The SMILES string of the molecule is CCS(=O)(=O)NCCc1ccc(S(=O)(=O)NCCC(C)N)s1.Cl. The van der Waals surface area contributed by atoms with Crippen LogP contribution in [-0.2, 0) is 26.5 Å². The molecule has 0 bridgehead atoms. The largest absolute Gasteiger partial charge is 0.328 e. The highest BCUT2D eigenvalue weighted by Crippen LogP contribution is 2.21. The van der Waals surface area contributed by atoms with Crippen molar-refractivity contribution >= 4 is 43.8 Å². The van der Waals surface area contributed by atoms with Gasteiger partial charge in [-0.2, -0.15) is 0 Å². The average molecular weight is 406 g/mol. The number of halogens is 1. The molecular weight excluding hydrogens is 382 g/mol. The van der Waals surface area contributed by atoms with Crippen LogP contribution in [-0.4, -0.2) is 41.7 Å². The van der Waals surface area contributed by atoms with Gasteiger partial charge >= 0.3 is 0 Å². The molecule has 0 spiro atoms. The van der Waals surface area contributed by atoms with Crippen molar-refractivity contribution in [3.05, 3.63) is 17.0 Å². The van der Waals surface area contributed by atoms with Gasteiger partial charge in [-0.05, 0) is 38.8 Å². The first kappa shape index (κ1) is 22.8. The Bertz CT molecular complexity index is 671. The number of nitrogens with two attached hydrogens (primary N) is 1. The van der Waals surface area contributed by atoms with Crippen molar-refractivity contribution in [2.75, 3.05) is 18.8 Å². The predicted octanol–water partition coefficient (Wildman–Crippen LogP) is 0.667. The van der Waals surface area contributed by atoms with E-state index in [9.17, 15) is 16.8 Å². The van der Waals surface area contributed by atoms with E-state index < -0.39 is 20.0 Å². The summed E-state index contributed by atoms with van der Waals surface area (Å²) < 4.78 is 51.9. The fourth-order valence-electron chi connectivity index (χ4n) is 1.56. The molecule has 23 heavy (non-hydrogen) atoms. The summed E-state index contributed by atoms with van der Waals surface area (Å²) in [7, 11) is -6.74. The Hall–Kier alpha value is -0.230. The van der Waals surface area contributed by atoms with E-state index in [0.29, 0.717) is 19.4 Å². The van der Waals surface area contributed by atoms with Crippen LogP contribution in [0, 0.1) is 0 Å². The molecule has 1 aromatic heterocycles. The third kappa shape index (κ3) is 8.43. The first-order chi connectivity index (χ1) is 10.2. The topological polar surface area (TPSA) is 118 Å². The van der Waals surface area contributed by atoms with Gasteiger partial charge in [-0.15, -0.1) is 23.7 Å². The Balaban J connectivity index is 0.00000484. The van der Waals surface area contributed by atoms with Crippen LogP contribution in [0.15, 0.2) is 16.3 Å². The summed E-state index contributed by atoms with van der Waals surface area (Å²) in [4.78, 5) is 0.811. The molecule has 0 aliphatic heterocycles. The second-order valence-electron chi connectivity index (χ2n) is 4.93. The molecule has 0 amide bonds. The lowest BCUT2D eigenvalue weighted by Gasteiger charge is -2.06. The van der Waals surface area contributed by atoms with Gasteiger partial charge in [0.15, 0.2) is 0 Å². The van der Waals surface area contributed by atoms with Crippen LogP contribution >= 0.6 is 23.7 Å². The van der Waals surface area contributed by atoms with Crippen LogP contribution in [0.1, 0.15) is 25.1 Å². The van der Waals surface area contributed by atoms with Crippen LogP contribution in [0.3, 0.4) is 0 Å². The molecule has 11 heteroatoms. The maximum absolute atomic E-state index is 12.1. The quantitative estimate of drug-likeness (QED) is 0.528. The molecule has 1 aromatic rings. The van der Waals surface area contributed by atoms with E-state index in [1.165, 1.54) is 6.07 Å². The van der Waals surface area contributed by atoms with Crippen LogP contribution in [0.2, 0.25) is 0 Å². The molecule has 0 fully saturated rings. The number of rotatable bonds is 10. The normalized spacial score (nSPS) is 13.5. The van der Waals surface area contributed by atoms with Crippen molar-refractivity contribution < 1.29 is 16.8 Å². The molecule has 1 unspecified atom stereocenters. The van der Waals surface area contributed by atoms with Crippen molar-refractivity contribution in [3.63, 3.8) is 0 Å². The van der Waals surface area contributed by atoms with Gasteiger partial charge in [0.25, 0.3) is 0 Å². The Kier molecular flexibility index (Phi) is 9.82. The Morgan fingerprint density at radius 3 is 2.39 bits per heavy atom. The summed E-state index contributed by atoms with van der Waals surface area (Å²) in [6.07, 6.45) is 1.02. The fourth-order valence-corrected chi connectivity index (χ4v) is 4.63. The molecule has 136 valence electrons. The first-order valence-corrected chi connectivity index (χ1v) is 10.9. The predicted molar refractivity (Wildman–Crippen MR) is 96.2 cm³/mol. The fraction of sp³-hybridized carbons (Fsp3) is 0.667. The highest BCUT2D eigenvalue weighted by Gasteiger charge is 2.16. The molecule has 1 atom stereocenters. The highest BCUT2D eigenvalue weighted by atomic mass is 35.5. The minimum atomic E-state index is -3.52. The lowest BCUT2D eigenvalue weighted by molar-refractivity contribution is 0.573. The minimum Gasteiger partial charge on any atom is -0.328 e. The van der Waals surface area contributed by atoms with Crippen molar-refractivity contribution in [1.29, 1.82) is 0 Å². The Morgan fingerprint density at radius 1 is 1.17 bits per heavy atom. The van der Waals surface area contributed by atoms with Crippen LogP contribution in [0.4, 0.5) is 0 Å². The molecule has 1 rings (SSSR count). The zero-order valence-corrected chi connectivity index (χ0v) is 16.4. The molecule has 0 aliphatic carbocycles. The third-order valence-electron chi connectivity index (χ3n) is 2.87. The smallest absolute Gasteiger partial charge is 0.250 e. The van der Waals surface area contributed by atoms with Crippen molar-refractivity contribution in [1.82, 2.24) is 9.44 Å². The van der Waals surface area contributed by atoms with Gasteiger partial charge in [0.1, 0.15) is 4.21 Å². The Morgan fingerprint density at radius 2 is 1.83 bits per heavy atom. The van der Waals surface area contributed by atoms with E-state index in [1.54, 1.807) is 13.0 Å². The van der Waals surface area contributed by atoms with Crippen LogP contribution in [0.25, 0.3) is 0 Å². The summed E-state index contributed by atoms with van der Waals surface area (Å²) in [5.41, 5.74) is 5.58. The van der Waals surface area contributed by atoms with Crippen LogP contribution in [0.5, 0.6) is 0 Å². The zero-order chi connectivity index (χ0) is 16.8. The maximum atomic E-state index is 12.1. The van der Waals surface area contributed by atoms with E-state index in [4.69, 9.17) is 5.73 Å². The summed E-state index contributed by atoms with van der Waals surface area (Å²) in [6, 6.07) is 3.17. The second-order valence-corrected chi connectivity index (χ2v) is 10.2. The van der Waals surface area contributed by atoms with E-state index in [2.05, 4.69) is 9.44 Å². The maximum Gasteiger partial charge on any atom is 0.250 e. The van der Waals surface area contributed by atoms with Gasteiger partial charge < -0.3 is 5.73 Å². The van der Waals surface area contributed by atoms with Crippen molar-refractivity contribution in [2.24, 2.45) is 5.73 Å². The number of thiophene rings is 1. The molecule has 1 heterocycles. The van der Waals surface area contributed by atoms with Crippen molar-refractivity contribution in [2.45, 2.75) is 36.9 Å². The molecule has 0 aromatic carbocycles.